The molecule has 1 atom stereocenters. The van der Waals surface area contributed by atoms with Crippen molar-refractivity contribution in [1.82, 2.24) is 10.6 Å². The van der Waals surface area contributed by atoms with E-state index in [9.17, 15) is 14.0 Å². The van der Waals surface area contributed by atoms with Crippen molar-refractivity contribution in [3.8, 4) is 0 Å². The van der Waals surface area contributed by atoms with Gasteiger partial charge in [-0.2, -0.15) is 0 Å². The first-order chi connectivity index (χ1) is 10.1. The minimum absolute atomic E-state index is 0.0708. The third-order valence-electron chi connectivity index (χ3n) is 3.17. The van der Waals surface area contributed by atoms with E-state index in [1.807, 2.05) is 18.2 Å². The van der Waals surface area contributed by atoms with Gasteiger partial charge in [0.25, 0.3) is 5.91 Å². The summed E-state index contributed by atoms with van der Waals surface area (Å²) in [5, 5.41) is 5.21. The topological polar surface area (TPSA) is 58.2 Å². The molecule has 1 aliphatic carbocycles. The molecule has 0 saturated heterocycles. The van der Waals surface area contributed by atoms with E-state index in [-0.39, 0.29) is 11.5 Å². The summed E-state index contributed by atoms with van der Waals surface area (Å²) < 4.78 is 13.5. The van der Waals surface area contributed by atoms with Crippen LogP contribution in [0.25, 0.3) is 0 Å². The van der Waals surface area contributed by atoms with E-state index in [2.05, 4.69) is 10.6 Å². The van der Waals surface area contributed by atoms with Crippen molar-refractivity contribution in [3.05, 3.63) is 59.4 Å². The molecule has 0 bridgehead atoms. The Morgan fingerprint density at radius 1 is 1.33 bits per heavy atom. The average molecular weight is 288 g/mol. The van der Waals surface area contributed by atoms with Gasteiger partial charge in [-0.15, -0.1) is 0 Å². The van der Waals surface area contributed by atoms with Gasteiger partial charge in [0, 0.05) is 6.54 Å². The van der Waals surface area contributed by atoms with Gasteiger partial charge >= 0.3 is 0 Å². The summed E-state index contributed by atoms with van der Waals surface area (Å²) in [7, 11) is 0. The van der Waals surface area contributed by atoms with Gasteiger partial charge in [-0.1, -0.05) is 30.4 Å². The molecule has 0 radical (unpaired) electrons. The van der Waals surface area contributed by atoms with Crippen molar-refractivity contribution in [3.63, 3.8) is 0 Å². The van der Waals surface area contributed by atoms with Crippen molar-refractivity contribution in [2.24, 2.45) is 0 Å². The number of benzene rings is 1. The van der Waals surface area contributed by atoms with E-state index in [4.69, 9.17) is 0 Å². The zero-order chi connectivity index (χ0) is 15.2. The van der Waals surface area contributed by atoms with Crippen LogP contribution < -0.4 is 10.6 Å². The number of halogens is 1. The molecular formula is C16H17FN2O2. The second kappa shape index (κ2) is 6.83. The van der Waals surface area contributed by atoms with Crippen LogP contribution in [0, 0.1) is 5.82 Å². The monoisotopic (exact) mass is 288 g/mol. The minimum Gasteiger partial charge on any atom is -0.350 e. The summed E-state index contributed by atoms with van der Waals surface area (Å²) in [6, 6.07) is 4.93. The molecule has 0 aliphatic heterocycles. The number of carbonyl (C=O) groups is 2. The Morgan fingerprint density at radius 3 is 2.76 bits per heavy atom. The maximum atomic E-state index is 13.5. The first-order valence-electron chi connectivity index (χ1n) is 6.76. The second-order valence-corrected chi connectivity index (χ2v) is 4.81. The number of hydrogen-bond acceptors (Lipinski definition) is 2. The molecule has 4 nitrogen and oxygen atoms in total. The van der Waals surface area contributed by atoms with Crippen molar-refractivity contribution in [2.45, 2.75) is 19.4 Å². The van der Waals surface area contributed by atoms with E-state index in [1.165, 1.54) is 18.2 Å². The highest BCUT2D eigenvalue weighted by Crippen LogP contribution is 2.08. The molecule has 0 aromatic heterocycles. The van der Waals surface area contributed by atoms with Crippen molar-refractivity contribution in [1.29, 1.82) is 0 Å². The van der Waals surface area contributed by atoms with E-state index in [1.54, 1.807) is 13.0 Å². The van der Waals surface area contributed by atoms with Gasteiger partial charge in [-0.05, 0) is 31.1 Å². The first-order valence-corrected chi connectivity index (χ1v) is 6.76. The fraction of sp³-hybridized carbons (Fsp3) is 0.250. The zero-order valence-corrected chi connectivity index (χ0v) is 11.7. The molecule has 2 rings (SSSR count). The van der Waals surface area contributed by atoms with E-state index in [0.717, 1.165) is 12.0 Å². The molecule has 2 amide bonds. The van der Waals surface area contributed by atoms with Gasteiger partial charge in [0.2, 0.25) is 5.91 Å². The molecule has 21 heavy (non-hydrogen) atoms. The smallest absolute Gasteiger partial charge is 0.254 e. The number of rotatable bonds is 5. The molecule has 0 saturated carbocycles. The zero-order valence-electron chi connectivity index (χ0n) is 11.7. The number of nitrogens with one attached hydrogen (secondary N) is 2. The Bertz CT molecular complexity index is 608. The van der Waals surface area contributed by atoms with Crippen LogP contribution in [-0.2, 0) is 4.79 Å². The van der Waals surface area contributed by atoms with Crippen LogP contribution in [0.2, 0.25) is 0 Å². The van der Waals surface area contributed by atoms with Crippen molar-refractivity contribution < 1.29 is 14.0 Å². The number of carbonyl (C=O) groups excluding carboxylic acids is 2. The molecule has 110 valence electrons. The number of hydrogen-bond donors (Lipinski definition) is 2. The summed E-state index contributed by atoms with van der Waals surface area (Å²) in [6.45, 7) is 1.99. The summed E-state index contributed by atoms with van der Waals surface area (Å²) >= 11 is 0. The van der Waals surface area contributed by atoms with Crippen molar-refractivity contribution >= 4 is 11.8 Å². The fourth-order valence-electron chi connectivity index (χ4n) is 1.97. The van der Waals surface area contributed by atoms with Gasteiger partial charge in [0.05, 0.1) is 5.56 Å². The molecule has 2 N–H and O–H groups in total. The predicted molar refractivity (Wildman–Crippen MR) is 78.2 cm³/mol. The number of amides is 2. The maximum Gasteiger partial charge on any atom is 0.254 e. The lowest BCUT2D eigenvalue weighted by Crippen LogP contribution is -2.45. The second-order valence-electron chi connectivity index (χ2n) is 4.81. The van der Waals surface area contributed by atoms with Crippen LogP contribution in [0.5, 0.6) is 0 Å². The third-order valence-corrected chi connectivity index (χ3v) is 3.17. The molecular weight excluding hydrogens is 271 g/mol. The molecule has 1 aromatic rings. The molecule has 5 heteroatoms. The third kappa shape index (κ3) is 4.02. The van der Waals surface area contributed by atoms with Gasteiger partial charge in [-0.3, -0.25) is 9.59 Å². The summed E-state index contributed by atoms with van der Waals surface area (Å²) in [6.07, 6.45) is 6.85. The fourth-order valence-corrected chi connectivity index (χ4v) is 1.97. The van der Waals surface area contributed by atoms with Gasteiger partial charge < -0.3 is 10.6 Å². The predicted octanol–water partition coefficient (Wildman–Crippen LogP) is 1.95. The minimum atomic E-state index is -0.733. The highest BCUT2D eigenvalue weighted by molar-refractivity contribution is 5.97. The summed E-state index contributed by atoms with van der Waals surface area (Å²) in [5.41, 5.74) is 0.967. The van der Waals surface area contributed by atoms with E-state index < -0.39 is 17.8 Å². The van der Waals surface area contributed by atoms with E-state index >= 15 is 0 Å². The van der Waals surface area contributed by atoms with Gasteiger partial charge in [-0.25, -0.2) is 4.39 Å². The van der Waals surface area contributed by atoms with E-state index in [0.29, 0.717) is 6.54 Å². The lowest BCUT2D eigenvalue weighted by Gasteiger charge is -2.14. The lowest BCUT2D eigenvalue weighted by atomic mass is 10.2. The lowest BCUT2D eigenvalue weighted by molar-refractivity contribution is -0.122. The van der Waals surface area contributed by atoms with Crippen LogP contribution in [0.3, 0.4) is 0 Å². The molecule has 1 aromatic carbocycles. The highest BCUT2D eigenvalue weighted by Gasteiger charge is 2.18. The first kappa shape index (κ1) is 15.0. The van der Waals surface area contributed by atoms with Gasteiger partial charge in [0.1, 0.15) is 11.9 Å². The molecule has 0 spiro atoms. The van der Waals surface area contributed by atoms with Crippen LogP contribution in [-0.4, -0.2) is 24.4 Å². The Balaban J connectivity index is 1.87. The normalized spacial score (nSPS) is 14.5. The number of allylic oxidation sites excluding steroid dienone is 2. The summed E-state index contributed by atoms with van der Waals surface area (Å²) in [4.78, 5) is 23.8. The van der Waals surface area contributed by atoms with Crippen LogP contribution >= 0.6 is 0 Å². The Hall–Kier alpha value is -2.43. The van der Waals surface area contributed by atoms with Crippen LogP contribution in [0.4, 0.5) is 4.39 Å². The highest BCUT2D eigenvalue weighted by atomic mass is 19.1. The molecule has 1 aliphatic rings. The Morgan fingerprint density at radius 2 is 2.10 bits per heavy atom. The van der Waals surface area contributed by atoms with Crippen LogP contribution in [0.15, 0.2) is 48.1 Å². The maximum absolute atomic E-state index is 13.5. The molecule has 0 heterocycles. The summed E-state index contributed by atoms with van der Waals surface area (Å²) in [5.74, 6) is -1.51. The quantitative estimate of drug-likeness (QED) is 0.870. The van der Waals surface area contributed by atoms with Gasteiger partial charge in [0.15, 0.2) is 0 Å². The SMILES string of the molecule is CC(NC(=O)c1ccccc1F)C(=O)NCC1=CCC=C1. The largest absolute Gasteiger partial charge is 0.350 e. The van der Waals surface area contributed by atoms with Crippen LogP contribution in [0.1, 0.15) is 23.7 Å². The van der Waals surface area contributed by atoms with Crippen molar-refractivity contribution in [2.75, 3.05) is 6.54 Å². The Kier molecular flexibility index (Phi) is 4.87. The Labute approximate surface area is 122 Å². The average Bonchev–Trinajstić information content (AvgIpc) is 2.98. The molecule has 1 unspecified atom stereocenters. The molecule has 0 fully saturated rings. The standard InChI is InChI=1S/C16H17FN2O2/c1-11(15(20)18-10-12-6-2-3-7-12)19-16(21)13-8-4-5-9-14(13)17/h2,4-9,11H,3,10H2,1H3,(H,18,20)(H,19,21).